The van der Waals surface area contributed by atoms with Crippen molar-refractivity contribution in [3.05, 3.63) is 86.5 Å². The number of benzene rings is 5. The first-order chi connectivity index (χ1) is 45.6. The molecule has 5 aromatic carbocycles. The van der Waals surface area contributed by atoms with Gasteiger partial charge in [-0.3, -0.25) is 9.59 Å². The van der Waals surface area contributed by atoms with Crippen molar-refractivity contribution in [1.29, 1.82) is 0 Å². The van der Waals surface area contributed by atoms with Gasteiger partial charge < -0.3 is 106 Å². The zero-order valence-corrected chi connectivity index (χ0v) is 60.2. The fraction of sp³-hybridized carbons (Fsp3) is 0.606. The highest BCUT2D eigenvalue weighted by atomic mass is 28.4. The van der Waals surface area contributed by atoms with E-state index in [1.165, 1.54) is 28.4 Å². The van der Waals surface area contributed by atoms with Crippen LogP contribution in [0.5, 0.6) is 40.2 Å². The van der Waals surface area contributed by atoms with E-state index >= 15 is 0 Å². The molecule has 6 fully saturated rings. The monoisotopic (exact) mass is 1380 g/mol. The molecule has 6 unspecified atom stereocenters. The van der Waals surface area contributed by atoms with Gasteiger partial charge in [-0.2, -0.15) is 0 Å². The normalized spacial score (nSPS) is 33.1. The summed E-state index contributed by atoms with van der Waals surface area (Å²) >= 11 is 0. The maximum Gasteiger partial charge on any atom is 0.274 e. The van der Waals surface area contributed by atoms with E-state index in [4.69, 9.17) is 75.2 Å². The van der Waals surface area contributed by atoms with Gasteiger partial charge >= 0.3 is 0 Å². The van der Waals surface area contributed by atoms with Crippen molar-refractivity contribution in [2.24, 2.45) is 5.92 Å². The van der Waals surface area contributed by atoms with Crippen LogP contribution in [0.3, 0.4) is 0 Å². The Morgan fingerprint density at radius 1 is 0.598 bits per heavy atom. The van der Waals surface area contributed by atoms with Gasteiger partial charge in [0.15, 0.2) is 40.4 Å². The summed E-state index contributed by atoms with van der Waals surface area (Å²) in [5, 5.41) is 70.4. The number of aromatic hydroxyl groups is 2. The second kappa shape index (κ2) is 22.4. The molecule has 0 amide bonds. The SMILES string of the molecule is COc1c2c(c(O)c3c4c(c(C)cc13)C1OC3(C(CO)CO)OC1[C@@](O)(O4)[C@@]31CO1)C(=O)[C@@H](O[Si](C)(C)C(C)(C)C)C[C@@H]2C.COc1ccc(CO[C@H]2C[C@H](O[Si](C)(C)C(C)(C)C)C(=O)c3c2c(OC)c2cc(C)c4c(c2c3O)O[C@@]2(O)C3OC(C(OC)OC)(OC43)[C@]23CO3)cc1. The first kappa shape index (κ1) is 68.5. The van der Waals surface area contributed by atoms with Crippen molar-refractivity contribution < 1.29 is 115 Å². The van der Waals surface area contributed by atoms with Crippen molar-refractivity contribution in [1.82, 2.24) is 0 Å². The van der Waals surface area contributed by atoms with Gasteiger partial charge in [-0.15, -0.1) is 0 Å². The van der Waals surface area contributed by atoms with Crippen LogP contribution in [0.1, 0.15) is 145 Å². The molecule has 2 aliphatic carbocycles. The molecule has 0 saturated carbocycles. The Balaban J connectivity index is 0.000000169. The largest absolute Gasteiger partial charge is 0.506 e. The molecule has 4 bridgehead atoms. The van der Waals surface area contributed by atoms with E-state index in [9.17, 15) is 40.2 Å². The Kier molecular flexibility index (Phi) is 15.9. The Labute approximate surface area is 564 Å². The molecule has 15 rings (SSSR count). The van der Waals surface area contributed by atoms with E-state index in [0.717, 1.165) is 22.4 Å². The molecular weight excluding hydrogens is 1290 g/mol. The molecule has 26 heteroatoms. The molecule has 8 heterocycles. The van der Waals surface area contributed by atoms with Crippen molar-refractivity contribution in [3.63, 3.8) is 0 Å². The van der Waals surface area contributed by atoms with Crippen LogP contribution in [0.4, 0.5) is 0 Å². The average molecular weight is 1380 g/mol. The topological polar surface area (TPSA) is 310 Å². The molecule has 10 aliphatic rings. The number of Topliss-reactive ketones (excluding diaryl/α,β-unsaturated/α-hetero) is 2. The molecule has 0 aromatic heterocycles. The smallest absolute Gasteiger partial charge is 0.274 e. The van der Waals surface area contributed by atoms with Crippen molar-refractivity contribution >= 4 is 49.7 Å². The molecular formula is C71H90O24Si2. The first-order valence-corrected chi connectivity index (χ1v) is 39.0. The number of epoxide rings is 2. The van der Waals surface area contributed by atoms with E-state index < -0.39 is 119 Å². The molecule has 6 N–H and O–H groups in total. The number of aliphatic hydroxyl groups excluding tert-OH is 2. The maximum absolute atomic E-state index is 14.7. The summed E-state index contributed by atoms with van der Waals surface area (Å²) < 4.78 is 99.3. The molecule has 8 aliphatic heterocycles. The Bertz CT molecular complexity index is 4090. The van der Waals surface area contributed by atoms with E-state index in [2.05, 4.69) is 67.7 Å². The number of fused-ring (bicyclic) bond motifs is 16. The number of phenols is 2. The van der Waals surface area contributed by atoms with Gasteiger partial charge in [0.1, 0.15) is 64.7 Å². The van der Waals surface area contributed by atoms with E-state index in [1.54, 1.807) is 7.11 Å². The molecule has 14 atom stereocenters. The second-order valence-electron chi connectivity index (χ2n) is 30.7. The van der Waals surface area contributed by atoms with Crippen LogP contribution in [0.25, 0.3) is 21.5 Å². The van der Waals surface area contributed by atoms with E-state index in [1.807, 2.05) is 57.2 Å². The molecule has 97 heavy (non-hydrogen) atoms. The maximum atomic E-state index is 14.7. The minimum atomic E-state index is -2.49. The van der Waals surface area contributed by atoms with Crippen LogP contribution < -0.4 is 23.7 Å². The number of aliphatic hydroxyl groups is 4. The highest BCUT2D eigenvalue weighted by molar-refractivity contribution is 6.74. The number of ketones is 2. The number of ether oxygens (including phenoxy) is 14. The fourth-order valence-electron chi connectivity index (χ4n) is 16.2. The highest BCUT2D eigenvalue weighted by Crippen LogP contribution is 2.74. The summed E-state index contributed by atoms with van der Waals surface area (Å²) in [5.41, 5.74) is 1.61. The third kappa shape index (κ3) is 9.05. The van der Waals surface area contributed by atoms with Crippen molar-refractivity contribution in [2.45, 2.75) is 207 Å². The van der Waals surface area contributed by atoms with Gasteiger partial charge in [-0.05, 0) is 103 Å². The minimum Gasteiger partial charge on any atom is -0.506 e. The van der Waals surface area contributed by atoms with Crippen LogP contribution in [-0.4, -0.2) is 186 Å². The lowest BCUT2D eigenvalue weighted by Crippen LogP contribution is -2.69. The lowest BCUT2D eigenvalue weighted by molar-refractivity contribution is -0.344. The summed E-state index contributed by atoms with van der Waals surface area (Å²) in [6.07, 6.45) is -6.49. The molecule has 2 spiro atoms. The molecule has 6 saturated heterocycles. The quantitative estimate of drug-likeness (QED) is 0.0304. The third-order valence-electron chi connectivity index (χ3n) is 23.4. The molecule has 5 aromatic rings. The summed E-state index contributed by atoms with van der Waals surface area (Å²) in [4.78, 5) is 29.0. The summed E-state index contributed by atoms with van der Waals surface area (Å²) in [5.74, 6) is -7.97. The van der Waals surface area contributed by atoms with Gasteiger partial charge in [-0.25, -0.2) is 0 Å². The highest BCUT2D eigenvalue weighted by Gasteiger charge is 2.94. The van der Waals surface area contributed by atoms with Crippen LogP contribution in [-0.2, 0) is 58.1 Å². The number of carbonyl (C=O) groups is 2. The van der Waals surface area contributed by atoms with E-state index in [-0.39, 0.29) is 98.7 Å². The number of hydrogen-bond acceptors (Lipinski definition) is 24. The van der Waals surface area contributed by atoms with Crippen molar-refractivity contribution in [3.8, 4) is 40.2 Å². The zero-order chi connectivity index (χ0) is 70.0. The second-order valence-corrected chi connectivity index (χ2v) is 40.2. The number of phenolic OH excluding ortho intramolecular Hbond substituents is 2. The Morgan fingerprint density at radius 3 is 1.46 bits per heavy atom. The lowest BCUT2D eigenvalue weighted by Gasteiger charge is -2.48. The lowest BCUT2D eigenvalue weighted by atomic mass is 9.75. The van der Waals surface area contributed by atoms with Crippen LogP contribution in [0.2, 0.25) is 36.3 Å². The predicted molar refractivity (Wildman–Crippen MR) is 352 cm³/mol. The fourth-order valence-corrected chi connectivity index (χ4v) is 18.7. The summed E-state index contributed by atoms with van der Waals surface area (Å²) in [6.45, 7) is 26.1. The number of hydrogen-bond donors (Lipinski definition) is 6. The average Bonchev–Trinajstić information content (AvgIpc) is 1.47. The van der Waals surface area contributed by atoms with Gasteiger partial charge in [0.2, 0.25) is 23.3 Å². The predicted octanol–water partition coefficient (Wildman–Crippen LogP) is 9.30. The summed E-state index contributed by atoms with van der Waals surface area (Å²) in [6, 6.07) is 11.3. The van der Waals surface area contributed by atoms with Gasteiger partial charge in [0, 0.05) is 53.7 Å². The van der Waals surface area contributed by atoms with Crippen LogP contribution >= 0.6 is 0 Å². The molecule has 526 valence electrons. The Hall–Kier alpha value is -5.61. The first-order valence-electron chi connectivity index (χ1n) is 33.1. The van der Waals surface area contributed by atoms with Gasteiger partial charge in [0.25, 0.3) is 17.4 Å². The van der Waals surface area contributed by atoms with E-state index in [0.29, 0.717) is 50.9 Å². The zero-order valence-electron chi connectivity index (χ0n) is 58.2. The molecule has 24 nitrogen and oxygen atoms in total. The molecule has 0 radical (unpaired) electrons. The number of methoxy groups -OCH3 is 5. The minimum absolute atomic E-state index is 0.00940. The van der Waals surface area contributed by atoms with Crippen molar-refractivity contribution in [2.75, 3.05) is 62.0 Å². The standard InChI is InChI=1S/C39H48O13Si.C32H42O11Si/c1-19-15-22-26(32-25(19)33-34-38(42,49-32)37(18-48-37)39(50-33,51-34)35(45-7)46-8)30(41)28-27(31(22)44-6)23(47-17-20-11-13-21(43-5)14-12-20)16-24(29(28)40)52-53(9,10)36(2,3)4;1-14-9-17-21(24(36)22-19(25(17)38-6)15(2)10-18(23(22)35)43-44(7,8)29(3,4)5)26-20(14)27-28-31(37,40-26)30(13-39-30)32(41-27,42-28)16(11-33)12-34/h11-15,23-24,33-35,41-42H,16-18H2,1-10H3;9,15-16,18,27-28,33-34,36-37H,10-13H2,1-8H3/t23-,24-,33?,34?,37-,38-,39?;15-,18-,27?,28?,30-,31+,32?/m00/s1. The van der Waals surface area contributed by atoms with Crippen LogP contribution in [0, 0.1) is 19.8 Å². The number of rotatable bonds is 16. The Morgan fingerprint density at radius 2 is 1.03 bits per heavy atom. The van der Waals surface area contributed by atoms with Gasteiger partial charge in [-0.1, -0.05) is 60.6 Å². The van der Waals surface area contributed by atoms with Crippen LogP contribution in [0.15, 0.2) is 36.4 Å². The third-order valence-corrected chi connectivity index (χ3v) is 32.4. The number of aryl methyl sites for hydroxylation is 2. The summed E-state index contributed by atoms with van der Waals surface area (Å²) in [7, 11) is 2.73. The number of carbonyl (C=O) groups excluding carboxylic acids is 2. The van der Waals surface area contributed by atoms with Gasteiger partial charge in [0.05, 0.1) is 88.3 Å².